The number of para-hydroxylation sites is 1. The van der Waals surface area contributed by atoms with Gasteiger partial charge in [-0.15, -0.1) is 0 Å². The minimum Gasteiger partial charge on any atom is -0.497 e. The number of fused-ring (bicyclic) bond motifs is 1. The molecule has 2 heterocycles. The van der Waals surface area contributed by atoms with Crippen LogP contribution >= 0.6 is 0 Å². The molecule has 1 saturated heterocycles. The van der Waals surface area contributed by atoms with Gasteiger partial charge in [-0.2, -0.15) is 0 Å². The highest BCUT2D eigenvalue weighted by atomic mass is 16.5. The molecule has 0 atom stereocenters. The number of rotatable bonds is 5. The number of amides is 1. The lowest BCUT2D eigenvalue weighted by Gasteiger charge is -2.38. The first-order valence-corrected chi connectivity index (χ1v) is 8.71. The summed E-state index contributed by atoms with van der Waals surface area (Å²) in [5.41, 5.74) is 1.41. The van der Waals surface area contributed by atoms with Crippen LogP contribution in [0.15, 0.2) is 54.6 Å². The predicted octanol–water partition coefficient (Wildman–Crippen LogP) is 3.16. The monoisotopic (exact) mass is 364 g/mol. The number of carbonyl (C=O) groups is 1. The van der Waals surface area contributed by atoms with Gasteiger partial charge in [0.05, 0.1) is 38.4 Å². The molecular weight excluding hydrogens is 344 g/mol. The number of benzene rings is 2. The van der Waals surface area contributed by atoms with Gasteiger partial charge >= 0.3 is 0 Å². The second-order valence-corrected chi connectivity index (χ2v) is 6.36. The van der Waals surface area contributed by atoms with E-state index in [1.54, 1.807) is 37.3 Å². The summed E-state index contributed by atoms with van der Waals surface area (Å²) in [5, 5.41) is 1.07. The number of likely N-dealkylation sites (tertiary alicyclic amines) is 1. The fraction of sp³-hybridized carbons (Fsp3) is 0.238. The smallest absolute Gasteiger partial charge is 0.257 e. The Balaban J connectivity index is 1.40. The first-order chi connectivity index (χ1) is 13.2. The van der Waals surface area contributed by atoms with Crippen LogP contribution in [0.2, 0.25) is 0 Å². The molecule has 1 fully saturated rings. The predicted molar refractivity (Wildman–Crippen MR) is 102 cm³/mol. The van der Waals surface area contributed by atoms with Crippen LogP contribution in [0.4, 0.5) is 0 Å². The van der Waals surface area contributed by atoms with Crippen molar-refractivity contribution < 1.29 is 19.0 Å². The van der Waals surface area contributed by atoms with Crippen LogP contribution in [-0.4, -0.2) is 49.2 Å². The standard InChI is InChI=1S/C21H20N2O4/c1-25-15-8-9-17(19(11-15)26-2)21(24)23-12-16(13-23)27-20-10-7-14-5-3-4-6-18(14)22-20/h3-11,16H,12-13H2,1-2H3. The van der Waals surface area contributed by atoms with Crippen molar-refractivity contribution in [1.29, 1.82) is 0 Å². The van der Waals surface area contributed by atoms with Gasteiger partial charge in [-0.25, -0.2) is 4.98 Å². The highest BCUT2D eigenvalue weighted by Gasteiger charge is 2.34. The second-order valence-electron chi connectivity index (χ2n) is 6.36. The Hall–Kier alpha value is -3.28. The highest BCUT2D eigenvalue weighted by molar-refractivity contribution is 5.97. The van der Waals surface area contributed by atoms with E-state index >= 15 is 0 Å². The zero-order valence-corrected chi connectivity index (χ0v) is 15.2. The third-order valence-electron chi connectivity index (χ3n) is 4.63. The molecule has 6 heteroatoms. The van der Waals surface area contributed by atoms with Gasteiger partial charge in [0.15, 0.2) is 0 Å². The van der Waals surface area contributed by atoms with Gasteiger partial charge in [0, 0.05) is 17.5 Å². The Morgan fingerprint density at radius 3 is 2.63 bits per heavy atom. The van der Waals surface area contributed by atoms with E-state index in [2.05, 4.69) is 4.98 Å². The molecule has 0 saturated carbocycles. The molecular formula is C21H20N2O4. The molecule has 1 amide bonds. The first-order valence-electron chi connectivity index (χ1n) is 8.71. The lowest BCUT2D eigenvalue weighted by Crippen LogP contribution is -2.56. The molecule has 1 aliphatic rings. The number of hydrogen-bond acceptors (Lipinski definition) is 5. The molecule has 6 nitrogen and oxygen atoms in total. The number of ether oxygens (including phenoxy) is 3. The van der Waals surface area contributed by atoms with Gasteiger partial charge in [0.1, 0.15) is 17.6 Å². The maximum Gasteiger partial charge on any atom is 0.257 e. The van der Waals surface area contributed by atoms with E-state index in [9.17, 15) is 4.79 Å². The van der Waals surface area contributed by atoms with Gasteiger partial charge < -0.3 is 19.1 Å². The van der Waals surface area contributed by atoms with Crippen LogP contribution in [0.1, 0.15) is 10.4 Å². The summed E-state index contributed by atoms with van der Waals surface area (Å²) in [6, 6.07) is 16.9. The van der Waals surface area contributed by atoms with Crippen LogP contribution in [0.5, 0.6) is 17.4 Å². The first kappa shape index (κ1) is 17.1. The number of methoxy groups -OCH3 is 2. The fourth-order valence-electron chi connectivity index (χ4n) is 3.11. The lowest BCUT2D eigenvalue weighted by molar-refractivity contribution is 0.0159. The minimum absolute atomic E-state index is 0.0631. The Kier molecular flexibility index (Phi) is 4.54. The van der Waals surface area contributed by atoms with Crippen molar-refractivity contribution in [3.05, 3.63) is 60.2 Å². The third kappa shape index (κ3) is 3.38. The molecule has 1 aromatic heterocycles. The van der Waals surface area contributed by atoms with Crippen molar-refractivity contribution >= 4 is 16.8 Å². The Morgan fingerprint density at radius 1 is 1.04 bits per heavy atom. The van der Waals surface area contributed by atoms with Gasteiger partial charge in [-0.1, -0.05) is 18.2 Å². The summed E-state index contributed by atoms with van der Waals surface area (Å²) >= 11 is 0. The number of aromatic nitrogens is 1. The number of carbonyl (C=O) groups excluding carboxylic acids is 1. The molecule has 0 bridgehead atoms. The maximum atomic E-state index is 12.7. The third-order valence-corrected chi connectivity index (χ3v) is 4.63. The van der Waals surface area contributed by atoms with Gasteiger partial charge in [-0.05, 0) is 24.3 Å². The summed E-state index contributed by atoms with van der Waals surface area (Å²) in [4.78, 5) is 19.0. The van der Waals surface area contributed by atoms with Crippen LogP contribution in [0.3, 0.4) is 0 Å². The maximum absolute atomic E-state index is 12.7. The Morgan fingerprint density at radius 2 is 1.85 bits per heavy atom. The molecule has 0 aliphatic carbocycles. The Bertz CT molecular complexity index is 983. The lowest BCUT2D eigenvalue weighted by atomic mass is 10.1. The van der Waals surface area contributed by atoms with E-state index in [1.165, 1.54) is 0 Å². The van der Waals surface area contributed by atoms with Crippen molar-refractivity contribution in [2.24, 2.45) is 0 Å². The van der Waals surface area contributed by atoms with Crippen molar-refractivity contribution in [1.82, 2.24) is 9.88 Å². The quantitative estimate of drug-likeness (QED) is 0.696. The molecule has 2 aromatic carbocycles. The topological polar surface area (TPSA) is 60.9 Å². The molecule has 0 spiro atoms. The molecule has 0 radical (unpaired) electrons. The summed E-state index contributed by atoms with van der Waals surface area (Å²) in [6.45, 7) is 1.03. The van der Waals surface area contributed by atoms with E-state index in [-0.39, 0.29) is 12.0 Å². The summed E-state index contributed by atoms with van der Waals surface area (Å²) < 4.78 is 16.4. The van der Waals surface area contributed by atoms with E-state index in [1.807, 2.05) is 36.4 Å². The number of nitrogens with zero attached hydrogens (tertiary/aromatic N) is 2. The van der Waals surface area contributed by atoms with Gasteiger partial charge in [-0.3, -0.25) is 4.79 Å². The van der Waals surface area contributed by atoms with Crippen LogP contribution in [-0.2, 0) is 0 Å². The molecule has 4 rings (SSSR count). The zero-order chi connectivity index (χ0) is 18.8. The number of pyridine rings is 1. The van der Waals surface area contributed by atoms with E-state index in [0.29, 0.717) is 36.0 Å². The van der Waals surface area contributed by atoms with Gasteiger partial charge in [0.25, 0.3) is 5.91 Å². The van der Waals surface area contributed by atoms with Crippen molar-refractivity contribution in [2.75, 3.05) is 27.3 Å². The van der Waals surface area contributed by atoms with E-state index in [4.69, 9.17) is 14.2 Å². The molecule has 27 heavy (non-hydrogen) atoms. The molecule has 3 aromatic rings. The van der Waals surface area contributed by atoms with Crippen molar-refractivity contribution in [3.8, 4) is 17.4 Å². The number of hydrogen-bond donors (Lipinski definition) is 0. The van der Waals surface area contributed by atoms with Gasteiger partial charge in [0.2, 0.25) is 5.88 Å². The van der Waals surface area contributed by atoms with Crippen LogP contribution in [0.25, 0.3) is 10.9 Å². The van der Waals surface area contributed by atoms with E-state index < -0.39 is 0 Å². The Labute approximate surface area is 157 Å². The molecule has 0 N–H and O–H groups in total. The summed E-state index contributed by atoms with van der Waals surface area (Å²) in [5.74, 6) is 1.64. The summed E-state index contributed by atoms with van der Waals surface area (Å²) in [7, 11) is 3.12. The summed E-state index contributed by atoms with van der Waals surface area (Å²) in [6.07, 6.45) is -0.0631. The van der Waals surface area contributed by atoms with Crippen LogP contribution in [0, 0.1) is 0 Å². The molecule has 1 aliphatic heterocycles. The molecule has 138 valence electrons. The van der Waals surface area contributed by atoms with Crippen molar-refractivity contribution in [3.63, 3.8) is 0 Å². The SMILES string of the molecule is COc1ccc(C(=O)N2CC(Oc3ccc4ccccc4n3)C2)c(OC)c1. The van der Waals surface area contributed by atoms with Crippen molar-refractivity contribution in [2.45, 2.75) is 6.10 Å². The molecule has 0 unspecified atom stereocenters. The average molecular weight is 364 g/mol. The average Bonchev–Trinajstić information content (AvgIpc) is 2.69. The second kappa shape index (κ2) is 7.15. The largest absolute Gasteiger partial charge is 0.497 e. The highest BCUT2D eigenvalue weighted by Crippen LogP contribution is 2.28. The fourth-order valence-corrected chi connectivity index (χ4v) is 3.11. The van der Waals surface area contributed by atoms with E-state index in [0.717, 1.165) is 10.9 Å². The zero-order valence-electron chi connectivity index (χ0n) is 15.2. The minimum atomic E-state index is -0.0826. The van der Waals surface area contributed by atoms with Crippen LogP contribution < -0.4 is 14.2 Å². The normalized spacial score (nSPS) is 13.9.